The number of rotatable bonds is 3. The molecule has 0 fully saturated rings. The normalized spacial score (nSPS) is 10.6. The van der Waals surface area contributed by atoms with E-state index in [4.69, 9.17) is 0 Å². The first-order valence-corrected chi connectivity index (χ1v) is 5.85. The Hall–Kier alpha value is -3.03. The molecule has 0 aliphatic carbocycles. The van der Waals surface area contributed by atoms with Gasteiger partial charge in [0.1, 0.15) is 12.1 Å². The van der Waals surface area contributed by atoms with Crippen molar-refractivity contribution in [2.75, 3.05) is 5.32 Å². The molecule has 20 heavy (non-hydrogen) atoms. The average Bonchev–Trinajstić information content (AvgIpc) is 2.88. The van der Waals surface area contributed by atoms with Gasteiger partial charge >= 0.3 is 0 Å². The largest absolute Gasteiger partial charge is 0.310 e. The molecule has 0 radical (unpaired) electrons. The maximum Gasteiger partial charge on any atom is 0.274 e. The first kappa shape index (κ1) is 12.0. The highest BCUT2D eigenvalue weighted by atomic mass is 16.1. The Balaban J connectivity index is 1.79. The monoisotopic (exact) mass is 270 g/mol. The Labute approximate surface area is 112 Å². The van der Waals surface area contributed by atoms with Crippen LogP contribution in [0.4, 0.5) is 5.82 Å². The number of carbonyl (C=O) groups is 1. The minimum absolute atomic E-state index is 0.0187. The summed E-state index contributed by atoms with van der Waals surface area (Å²) in [5, 5.41) is 5.25. The summed E-state index contributed by atoms with van der Waals surface area (Å²) in [5.41, 5.74) is 0.0451. The van der Waals surface area contributed by atoms with E-state index < -0.39 is 0 Å². The summed E-state index contributed by atoms with van der Waals surface area (Å²) in [6, 6.07) is 6.49. The molecule has 1 amide bonds. The van der Waals surface area contributed by atoms with E-state index in [9.17, 15) is 9.59 Å². The van der Waals surface area contributed by atoms with E-state index >= 15 is 0 Å². The molecule has 0 saturated heterocycles. The van der Waals surface area contributed by atoms with Crippen molar-refractivity contribution in [1.82, 2.24) is 24.6 Å². The molecule has 0 aliphatic rings. The molecule has 3 heterocycles. The van der Waals surface area contributed by atoms with Gasteiger partial charge in [0.15, 0.2) is 0 Å². The van der Waals surface area contributed by atoms with Crippen molar-refractivity contribution >= 4 is 17.5 Å². The summed E-state index contributed by atoms with van der Waals surface area (Å²) in [6.45, 7) is 0. The van der Waals surface area contributed by atoms with Crippen LogP contribution in [0.25, 0.3) is 5.78 Å². The number of anilines is 1. The molecule has 3 aromatic heterocycles. The van der Waals surface area contributed by atoms with E-state index in [2.05, 4.69) is 25.4 Å². The number of aromatic nitrogens is 5. The summed E-state index contributed by atoms with van der Waals surface area (Å²) in [4.78, 5) is 35.5. The summed E-state index contributed by atoms with van der Waals surface area (Å²) in [5.74, 6) is 0.392. The molecule has 8 nitrogen and oxygen atoms in total. The number of fused-ring (bicyclic) bond motifs is 1. The van der Waals surface area contributed by atoms with E-state index in [1.807, 2.05) is 0 Å². The van der Waals surface area contributed by atoms with Crippen molar-refractivity contribution in [3.63, 3.8) is 0 Å². The average molecular weight is 270 g/mol. The van der Waals surface area contributed by atoms with Crippen molar-refractivity contribution in [2.45, 2.75) is 6.42 Å². The number of hydrogen-bond acceptors (Lipinski definition) is 5. The van der Waals surface area contributed by atoms with Crippen LogP contribution >= 0.6 is 0 Å². The molecule has 0 saturated carbocycles. The van der Waals surface area contributed by atoms with E-state index in [1.165, 1.54) is 16.9 Å². The number of nitrogens with one attached hydrogen (secondary N) is 2. The third-order valence-electron chi connectivity index (χ3n) is 2.59. The number of carbonyl (C=O) groups excluding carboxylic acids is 1. The van der Waals surface area contributed by atoms with Crippen LogP contribution in [0, 0.1) is 0 Å². The van der Waals surface area contributed by atoms with Gasteiger partial charge in [-0.25, -0.2) is 15.0 Å². The molecule has 0 atom stereocenters. The van der Waals surface area contributed by atoms with Crippen LogP contribution in [0.2, 0.25) is 0 Å². The van der Waals surface area contributed by atoms with Crippen molar-refractivity contribution in [3.05, 3.63) is 52.8 Å². The van der Waals surface area contributed by atoms with Gasteiger partial charge in [0.05, 0.1) is 12.1 Å². The Morgan fingerprint density at radius 1 is 1.35 bits per heavy atom. The Morgan fingerprint density at radius 3 is 3.05 bits per heavy atom. The molecule has 2 N–H and O–H groups in total. The number of pyridine rings is 1. The highest BCUT2D eigenvalue weighted by molar-refractivity contribution is 5.91. The molecule has 3 rings (SSSR count). The van der Waals surface area contributed by atoms with Gasteiger partial charge in [0, 0.05) is 12.3 Å². The molecular formula is C12H10N6O2. The molecule has 0 unspecified atom stereocenters. The first-order valence-electron chi connectivity index (χ1n) is 5.85. The van der Waals surface area contributed by atoms with Crippen molar-refractivity contribution in [2.24, 2.45) is 0 Å². The number of amides is 1. The summed E-state index contributed by atoms with van der Waals surface area (Å²) >= 11 is 0. The Morgan fingerprint density at radius 2 is 2.25 bits per heavy atom. The third kappa shape index (κ3) is 2.39. The van der Waals surface area contributed by atoms with Crippen molar-refractivity contribution in [1.29, 1.82) is 0 Å². The van der Waals surface area contributed by atoms with Gasteiger partial charge in [-0.15, -0.1) is 0 Å². The fourth-order valence-corrected chi connectivity index (χ4v) is 1.75. The lowest BCUT2D eigenvalue weighted by atomic mass is 10.3. The second kappa shape index (κ2) is 4.92. The predicted molar refractivity (Wildman–Crippen MR) is 70.2 cm³/mol. The summed E-state index contributed by atoms with van der Waals surface area (Å²) in [7, 11) is 0. The molecule has 8 heteroatoms. The summed E-state index contributed by atoms with van der Waals surface area (Å²) in [6.07, 6.45) is 2.92. The van der Waals surface area contributed by atoms with Gasteiger partial charge in [-0.3, -0.25) is 14.7 Å². The SMILES string of the molecule is O=C(Cc1cc(=O)n2[nH]cnc2n1)Nc1ccccn1. The van der Waals surface area contributed by atoms with Crippen LogP contribution in [0.5, 0.6) is 0 Å². The molecule has 100 valence electrons. The van der Waals surface area contributed by atoms with Gasteiger partial charge in [-0.2, -0.15) is 4.52 Å². The molecule has 3 aromatic rings. The lowest BCUT2D eigenvalue weighted by molar-refractivity contribution is -0.115. The number of H-pyrrole nitrogens is 1. The van der Waals surface area contributed by atoms with Crippen LogP contribution in [0.15, 0.2) is 41.6 Å². The number of nitrogens with zero attached hydrogens (tertiary/aromatic N) is 4. The topological polar surface area (TPSA) is 105 Å². The molecule has 0 aromatic carbocycles. The number of hydrogen-bond donors (Lipinski definition) is 2. The third-order valence-corrected chi connectivity index (χ3v) is 2.59. The minimum atomic E-state index is -0.312. The molecule has 0 spiro atoms. The lowest BCUT2D eigenvalue weighted by Crippen LogP contribution is -2.20. The first-order chi connectivity index (χ1) is 9.72. The van der Waals surface area contributed by atoms with E-state index in [0.29, 0.717) is 11.5 Å². The highest BCUT2D eigenvalue weighted by Gasteiger charge is 2.09. The van der Waals surface area contributed by atoms with Gasteiger partial charge in [-0.05, 0) is 12.1 Å². The van der Waals surface area contributed by atoms with E-state index in [1.54, 1.807) is 24.4 Å². The maximum atomic E-state index is 11.8. The maximum absolute atomic E-state index is 11.8. The van der Waals surface area contributed by atoms with E-state index in [0.717, 1.165) is 0 Å². The smallest absolute Gasteiger partial charge is 0.274 e. The van der Waals surface area contributed by atoms with Gasteiger partial charge < -0.3 is 5.32 Å². The molecule has 0 bridgehead atoms. The van der Waals surface area contributed by atoms with Crippen LogP contribution in [0.1, 0.15) is 5.69 Å². The fourth-order valence-electron chi connectivity index (χ4n) is 1.75. The van der Waals surface area contributed by atoms with Gasteiger partial charge in [-0.1, -0.05) is 6.07 Å². The Bertz CT molecular complexity index is 807. The zero-order valence-electron chi connectivity index (χ0n) is 10.3. The Kier molecular flexibility index (Phi) is 2.96. The number of aromatic amines is 1. The highest BCUT2D eigenvalue weighted by Crippen LogP contribution is 2.02. The molecule has 0 aliphatic heterocycles. The van der Waals surface area contributed by atoms with Gasteiger partial charge in [0.25, 0.3) is 11.3 Å². The van der Waals surface area contributed by atoms with E-state index in [-0.39, 0.29) is 23.7 Å². The van der Waals surface area contributed by atoms with Crippen molar-refractivity contribution < 1.29 is 4.79 Å². The zero-order chi connectivity index (χ0) is 13.9. The van der Waals surface area contributed by atoms with Crippen LogP contribution in [0.3, 0.4) is 0 Å². The standard InChI is InChI=1S/C12H10N6O2/c19-10(17-9-3-1-2-4-13-9)5-8-6-11(20)18-12(16-8)14-7-15-18/h1-4,6-7H,5H2,(H,13,17,19)(H,14,15,16). The zero-order valence-corrected chi connectivity index (χ0v) is 10.3. The van der Waals surface area contributed by atoms with Crippen LogP contribution in [-0.2, 0) is 11.2 Å². The second-order valence-corrected chi connectivity index (χ2v) is 4.05. The lowest BCUT2D eigenvalue weighted by Gasteiger charge is -2.03. The minimum Gasteiger partial charge on any atom is -0.310 e. The van der Waals surface area contributed by atoms with Crippen LogP contribution < -0.4 is 10.9 Å². The van der Waals surface area contributed by atoms with Gasteiger partial charge in [0.2, 0.25) is 5.91 Å². The van der Waals surface area contributed by atoms with Crippen molar-refractivity contribution in [3.8, 4) is 0 Å². The van der Waals surface area contributed by atoms with Crippen LogP contribution in [-0.4, -0.2) is 30.5 Å². The quantitative estimate of drug-likeness (QED) is 0.696. The second-order valence-electron chi connectivity index (χ2n) is 4.05. The molecular weight excluding hydrogens is 260 g/mol. The predicted octanol–water partition coefficient (Wildman–Crippen LogP) is -0.00620. The summed E-state index contributed by atoms with van der Waals surface area (Å²) < 4.78 is 1.19. The fraction of sp³-hybridized carbons (Fsp3) is 0.0833.